The minimum atomic E-state index is -1.94. The first-order valence-corrected chi connectivity index (χ1v) is 17.3. The first-order chi connectivity index (χ1) is 26.2. The Balaban J connectivity index is 1.33. The van der Waals surface area contributed by atoms with Crippen molar-refractivity contribution in [3.63, 3.8) is 0 Å². The molecule has 3 saturated heterocycles. The molecule has 0 radical (unpaired) electrons. The second-order valence-electron chi connectivity index (χ2n) is 13.1. The second-order valence-corrected chi connectivity index (χ2v) is 13.1. The molecule has 0 aromatic heterocycles. The SMILES string of the molecule is CC1OC(OC2C(O)C(OC/C=C/c3ccc(O)cc3)OC(CO)C2OC(=O)/C=C/c2ccc(O)c(O)c2)C(O)C(O)C1OC1OC(CO)C(O)C(O)C1O. The molecule has 0 spiro atoms. The van der Waals surface area contributed by atoms with Crippen molar-refractivity contribution in [3.05, 3.63) is 65.7 Å². The zero-order valence-electron chi connectivity index (χ0n) is 29.3. The number of aliphatic hydroxyl groups is 8. The van der Waals surface area contributed by atoms with Crippen molar-refractivity contribution in [2.45, 2.75) is 99.0 Å². The molecule has 2 aromatic rings. The fraction of sp³-hybridized carbons (Fsp3) is 0.528. The van der Waals surface area contributed by atoms with E-state index in [0.717, 1.165) is 6.08 Å². The van der Waals surface area contributed by atoms with Crippen LogP contribution in [0.2, 0.25) is 0 Å². The number of aromatic hydroxyl groups is 3. The number of rotatable bonds is 13. The number of carbonyl (C=O) groups is 1. The Morgan fingerprint density at radius 3 is 1.95 bits per heavy atom. The van der Waals surface area contributed by atoms with E-state index in [1.807, 2.05) is 0 Å². The number of hydrogen-bond donors (Lipinski definition) is 11. The first-order valence-electron chi connectivity index (χ1n) is 17.3. The van der Waals surface area contributed by atoms with Crippen LogP contribution in [0.15, 0.2) is 54.6 Å². The molecule has 11 N–H and O–H groups in total. The molecular formula is C36H46O19. The molecule has 304 valence electrons. The highest BCUT2D eigenvalue weighted by Crippen LogP contribution is 2.34. The maximum Gasteiger partial charge on any atom is 0.331 e. The molecule has 19 nitrogen and oxygen atoms in total. The summed E-state index contributed by atoms with van der Waals surface area (Å²) in [5.41, 5.74) is 1.02. The standard InChI is InChI=1S/C36H46O19/c1-16-31(54-36-28(46)26(44)25(43)22(14-37)51-36)27(45)29(47)35(50-16)55-33-30(48)34(49-12-2-3-17-4-8-19(39)9-5-17)52-23(15-38)32(33)53-24(42)11-7-18-6-10-20(40)21(41)13-18/h2-11,13,16,22-23,25-41,43-48H,12,14-15H2,1H3/b3-2+,11-7+. The van der Waals surface area contributed by atoms with E-state index < -0.39 is 117 Å². The van der Waals surface area contributed by atoms with Gasteiger partial charge in [-0.3, -0.25) is 0 Å². The fourth-order valence-corrected chi connectivity index (χ4v) is 6.17. The van der Waals surface area contributed by atoms with Crippen LogP contribution in [0.3, 0.4) is 0 Å². The Kier molecular flexibility index (Phi) is 14.6. The number of phenolic OH excluding ortho intramolecular Hbond substituents is 3. The van der Waals surface area contributed by atoms with Crippen molar-refractivity contribution in [2.75, 3.05) is 19.8 Å². The number of carbonyl (C=O) groups excluding carboxylic acids is 1. The quantitative estimate of drug-likeness (QED) is 0.0572. The lowest BCUT2D eigenvalue weighted by Crippen LogP contribution is -2.66. The number of benzene rings is 2. The number of esters is 1. The van der Waals surface area contributed by atoms with Crippen molar-refractivity contribution in [1.82, 2.24) is 0 Å². The van der Waals surface area contributed by atoms with Crippen LogP contribution >= 0.6 is 0 Å². The van der Waals surface area contributed by atoms with E-state index >= 15 is 0 Å². The molecule has 55 heavy (non-hydrogen) atoms. The minimum absolute atomic E-state index is 0.0736. The van der Waals surface area contributed by atoms with Gasteiger partial charge >= 0.3 is 5.97 Å². The van der Waals surface area contributed by atoms with E-state index in [1.54, 1.807) is 24.3 Å². The van der Waals surface area contributed by atoms with Crippen molar-refractivity contribution < 1.29 is 94.1 Å². The molecule has 0 aliphatic carbocycles. The van der Waals surface area contributed by atoms with E-state index in [9.17, 15) is 61.0 Å². The summed E-state index contributed by atoms with van der Waals surface area (Å²) >= 11 is 0. The zero-order valence-corrected chi connectivity index (χ0v) is 29.3. The molecule has 0 saturated carbocycles. The highest BCUT2D eigenvalue weighted by Gasteiger charge is 2.54. The second kappa shape index (κ2) is 18.9. The highest BCUT2D eigenvalue weighted by molar-refractivity contribution is 5.87. The van der Waals surface area contributed by atoms with Gasteiger partial charge in [0.1, 0.15) is 66.8 Å². The fourth-order valence-electron chi connectivity index (χ4n) is 6.17. The summed E-state index contributed by atoms with van der Waals surface area (Å²) in [7, 11) is 0. The van der Waals surface area contributed by atoms with Gasteiger partial charge in [0.15, 0.2) is 36.5 Å². The van der Waals surface area contributed by atoms with Gasteiger partial charge in [-0.1, -0.05) is 30.4 Å². The Bertz CT molecular complexity index is 1600. The summed E-state index contributed by atoms with van der Waals surface area (Å²) in [6.45, 7) is -0.278. The largest absolute Gasteiger partial charge is 0.508 e. The third-order valence-corrected chi connectivity index (χ3v) is 9.23. The van der Waals surface area contributed by atoms with Crippen molar-refractivity contribution in [1.29, 1.82) is 0 Å². The van der Waals surface area contributed by atoms with Gasteiger partial charge in [0.2, 0.25) is 0 Å². The average Bonchev–Trinajstić information content (AvgIpc) is 3.17. The van der Waals surface area contributed by atoms with E-state index in [2.05, 4.69) is 0 Å². The molecule has 15 unspecified atom stereocenters. The normalized spacial score (nSPS) is 37.0. The summed E-state index contributed by atoms with van der Waals surface area (Å²) in [6, 6.07) is 10.0. The van der Waals surface area contributed by atoms with E-state index in [0.29, 0.717) is 11.1 Å². The maximum absolute atomic E-state index is 13.0. The Hall–Kier alpha value is -3.77. The number of aliphatic hydroxyl groups excluding tert-OH is 8. The minimum Gasteiger partial charge on any atom is -0.508 e. The van der Waals surface area contributed by atoms with Gasteiger partial charge in [-0.25, -0.2) is 4.79 Å². The van der Waals surface area contributed by atoms with Crippen LogP contribution in [-0.4, -0.2) is 174 Å². The summed E-state index contributed by atoms with van der Waals surface area (Å²) in [5.74, 6) is -1.78. The highest BCUT2D eigenvalue weighted by atomic mass is 16.8. The van der Waals surface area contributed by atoms with Crippen LogP contribution < -0.4 is 0 Å². The molecule has 3 aliphatic heterocycles. The van der Waals surface area contributed by atoms with Gasteiger partial charge in [0.05, 0.1) is 25.9 Å². The molecular weight excluding hydrogens is 736 g/mol. The Labute approximate surface area is 314 Å². The van der Waals surface area contributed by atoms with Crippen LogP contribution in [0.5, 0.6) is 17.2 Å². The smallest absolute Gasteiger partial charge is 0.331 e. The van der Waals surface area contributed by atoms with Gasteiger partial charge in [-0.15, -0.1) is 0 Å². The molecule has 2 aromatic carbocycles. The van der Waals surface area contributed by atoms with Gasteiger partial charge < -0.3 is 89.3 Å². The lowest BCUT2D eigenvalue weighted by molar-refractivity contribution is -0.376. The van der Waals surface area contributed by atoms with Crippen molar-refractivity contribution in [2.24, 2.45) is 0 Å². The average molecular weight is 783 g/mol. The van der Waals surface area contributed by atoms with Crippen LogP contribution in [-0.2, 0) is 38.0 Å². The van der Waals surface area contributed by atoms with Crippen molar-refractivity contribution in [3.8, 4) is 17.2 Å². The lowest BCUT2D eigenvalue weighted by Gasteiger charge is -2.48. The lowest BCUT2D eigenvalue weighted by atomic mass is 9.96. The Morgan fingerprint density at radius 2 is 1.27 bits per heavy atom. The molecule has 3 fully saturated rings. The molecule has 0 amide bonds. The van der Waals surface area contributed by atoms with E-state index in [1.165, 1.54) is 43.3 Å². The number of phenols is 3. The van der Waals surface area contributed by atoms with Gasteiger partial charge in [-0.2, -0.15) is 0 Å². The maximum atomic E-state index is 13.0. The molecule has 19 heteroatoms. The molecule has 3 heterocycles. The molecule has 0 bridgehead atoms. The third-order valence-electron chi connectivity index (χ3n) is 9.23. The van der Waals surface area contributed by atoms with Crippen LogP contribution in [0, 0.1) is 0 Å². The van der Waals surface area contributed by atoms with Gasteiger partial charge in [0, 0.05) is 6.08 Å². The predicted octanol–water partition coefficient (Wildman–Crippen LogP) is -2.43. The number of ether oxygens (including phenoxy) is 7. The number of hydrogen-bond acceptors (Lipinski definition) is 19. The molecule has 5 rings (SSSR count). The first kappa shape index (κ1) is 42.4. The van der Waals surface area contributed by atoms with Crippen LogP contribution in [0.4, 0.5) is 0 Å². The molecule has 3 aliphatic rings. The molecule has 15 atom stereocenters. The summed E-state index contributed by atoms with van der Waals surface area (Å²) < 4.78 is 39.8. The zero-order chi connectivity index (χ0) is 40.0. The van der Waals surface area contributed by atoms with E-state index in [-0.39, 0.29) is 18.1 Å². The van der Waals surface area contributed by atoms with Crippen LogP contribution in [0.25, 0.3) is 12.2 Å². The Morgan fingerprint density at radius 1 is 0.655 bits per heavy atom. The van der Waals surface area contributed by atoms with Crippen molar-refractivity contribution >= 4 is 18.1 Å². The summed E-state index contributed by atoms with van der Waals surface area (Å²) in [5, 5.41) is 113. The van der Waals surface area contributed by atoms with Gasteiger partial charge in [-0.05, 0) is 48.4 Å². The third kappa shape index (κ3) is 10.2. The van der Waals surface area contributed by atoms with Crippen LogP contribution in [0.1, 0.15) is 18.1 Å². The van der Waals surface area contributed by atoms with E-state index in [4.69, 9.17) is 33.2 Å². The van der Waals surface area contributed by atoms with Gasteiger partial charge in [0.25, 0.3) is 0 Å². The predicted molar refractivity (Wildman–Crippen MR) is 183 cm³/mol. The topological polar surface area (TPSA) is 304 Å². The summed E-state index contributed by atoms with van der Waals surface area (Å²) in [4.78, 5) is 13.0. The monoisotopic (exact) mass is 782 g/mol. The summed E-state index contributed by atoms with van der Waals surface area (Å²) in [6.07, 6.45) is -18.9.